The number of nitrogens with zero attached hydrogens (tertiary/aromatic N) is 3. The number of thiazole rings is 1. The fourth-order valence-corrected chi connectivity index (χ4v) is 3.96. The summed E-state index contributed by atoms with van der Waals surface area (Å²) in [7, 11) is 0. The van der Waals surface area contributed by atoms with Crippen molar-refractivity contribution in [2.75, 3.05) is 13.2 Å². The van der Waals surface area contributed by atoms with Crippen LogP contribution in [-0.4, -0.2) is 40.2 Å². The van der Waals surface area contributed by atoms with Crippen LogP contribution in [0.2, 0.25) is 5.15 Å². The maximum atomic E-state index is 13.0. The molecule has 0 radical (unpaired) electrons. The summed E-state index contributed by atoms with van der Waals surface area (Å²) >= 11 is 7.36. The molecule has 2 atom stereocenters. The molecule has 1 aromatic carbocycles. The van der Waals surface area contributed by atoms with Gasteiger partial charge in [0.25, 0.3) is 5.91 Å². The summed E-state index contributed by atoms with van der Waals surface area (Å²) in [5, 5.41) is 4.10. The quantitative estimate of drug-likeness (QED) is 0.612. The Balaban J connectivity index is 1.59. The molecule has 0 spiro atoms. The Bertz CT molecular complexity index is 1030. The highest BCUT2D eigenvalue weighted by molar-refractivity contribution is 7.14. The highest BCUT2D eigenvalue weighted by Crippen LogP contribution is 2.30. The van der Waals surface area contributed by atoms with Crippen LogP contribution in [0.25, 0.3) is 10.6 Å². The number of rotatable bonds is 6. The lowest BCUT2D eigenvalue weighted by Crippen LogP contribution is -2.27. The van der Waals surface area contributed by atoms with Crippen molar-refractivity contribution in [1.29, 1.82) is 0 Å². The summed E-state index contributed by atoms with van der Waals surface area (Å²) in [5.74, 6) is 0.391. The second-order valence-corrected chi connectivity index (χ2v) is 8.71. The zero-order chi connectivity index (χ0) is 21.1. The van der Waals surface area contributed by atoms with Crippen LogP contribution < -0.4 is 10.1 Å². The Labute approximate surface area is 183 Å². The predicted octanol–water partition coefficient (Wildman–Crippen LogP) is 4.22. The van der Waals surface area contributed by atoms with Gasteiger partial charge in [0.1, 0.15) is 22.0 Å². The first-order valence-corrected chi connectivity index (χ1v) is 10.8. The van der Waals surface area contributed by atoms with Crippen molar-refractivity contribution in [3.63, 3.8) is 0 Å². The van der Waals surface area contributed by atoms with Crippen molar-refractivity contribution in [2.45, 2.75) is 32.4 Å². The third-order valence-electron chi connectivity index (χ3n) is 4.66. The Morgan fingerprint density at radius 1 is 1.27 bits per heavy atom. The monoisotopic (exact) mass is 444 g/mol. The number of aryl methyl sites for hydroxylation is 1. The maximum absolute atomic E-state index is 13.0. The summed E-state index contributed by atoms with van der Waals surface area (Å²) < 4.78 is 11.5. The smallest absolute Gasteiger partial charge is 0.251 e. The van der Waals surface area contributed by atoms with Gasteiger partial charge in [-0.3, -0.25) is 9.78 Å². The Kier molecular flexibility index (Phi) is 6.26. The molecule has 3 heterocycles. The van der Waals surface area contributed by atoms with E-state index in [1.165, 1.54) is 6.20 Å². The number of halogens is 1. The Hall–Kier alpha value is -2.55. The van der Waals surface area contributed by atoms with Crippen molar-refractivity contribution < 1.29 is 14.3 Å². The molecule has 1 saturated heterocycles. The molecule has 1 aliphatic heterocycles. The molecule has 0 saturated carbocycles. The van der Waals surface area contributed by atoms with Crippen molar-refractivity contribution in [3.05, 3.63) is 58.1 Å². The van der Waals surface area contributed by atoms with Crippen LogP contribution in [0, 0.1) is 6.92 Å². The van der Waals surface area contributed by atoms with Crippen molar-refractivity contribution in [2.24, 2.45) is 0 Å². The van der Waals surface area contributed by atoms with Gasteiger partial charge in [0, 0.05) is 28.6 Å². The molecule has 0 aliphatic carbocycles. The fourth-order valence-electron chi connectivity index (χ4n) is 3.11. The van der Waals surface area contributed by atoms with Gasteiger partial charge in [-0.2, -0.15) is 0 Å². The Morgan fingerprint density at radius 2 is 2.13 bits per heavy atom. The largest absolute Gasteiger partial charge is 0.488 e. The average molecular weight is 445 g/mol. The second-order valence-electron chi connectivity index (χ2n) is 7.08. The minimum atomic E-state index is -0.333. The molecule has 0 bridgehead atoms. The lowest BCUT2D eigenvalue weighted by molar-refractivity contribution is 0.0938. The molecular formula is C21H21ClN4O3S. The molecule has 30 heavy (non-hydrogen) atoms. The predicted molar refractivity (Wildman–Crippen MR) is 115 cm³/mol. The van der Waals surface area contributed by atoms with Gasteiger partial charge in [-0.15, -0.1) is 11.3 Å². The average Bonchev–Trinajstić information content (AvgIpc) is 3.40. The number of hydrogen-bond donors (Lipinski definition) is 1. The van der Waals surface area contributed by atoms with Gasteiger partial charge < -0.3 is 14.8 Å². The van der Waals surface area contributed by atoms with Gasteiger partial charge >= 0.3 is 0 Å². The zero-order valence-electron chi connectivity index (χ0n) is 16.6. The Morgan fingerprint density at radius 3 is 2.80 bits per heavy atom. The van der Waals surface area contributed by atoms with E-state index in [2.05, 4.69) is 20.3 Å². The summed E-state index contributed by atoms with van der Waals surface area (Å²) in [5.41, 5.74) is 1.95. The van der Waals surface area contributed by atoms with Gasteiger partial charge in [-0.05, 0) is 32.0 Å². The normalized spacial score (nSPS) is 17.0. The molecule has 156 valence electrons. The van der Waals surface area contributed by atoms with E-state index < -0.39 is 0 Å². The van der Waals surface area contributed by atoms with Crippen LogP contribution in [0.1, 0.15) is 40.3 Å². The maximum Gasteiger partial charge on any atom is 0.251 e. The van der Waals surface area contributed by atoms with Crippen LogP contribution in [0.15, 0.2) is 36.8 Å². The number of amides is 1. The van der Waals surface area contributed by atoms with Crippen molar-refractivity contribution in [1.82, 2.24) is 20.3 Å². The van der Waals surface area contributed by atoms with Gasteiger partial charge in [0.05, 0.1) is 37.3 Å². The third-order valence-corrected chi connectivity index (χ3v) is 5.82. The number of hydrogen-bond acceptors (Lipinski definition) is 7. The SMILES string of the molecule is Cc1cnc(-c2cc(O[C@H]3CCOC3)cc(C(=O)N[C@H](C)c3cnc(Cl)cn3)c2)s1. The van der Waals surface area contributed by atoms with Crippen LogP contribution in [0.5, 0.6) is 5.75 Å². The summed E-state index contributed by atoms with van der Waals surface area (Å²) in [6.07, 6.45) is 5.64. The van der Waals surface area contributed by atoms with E-state index in [0.29, 0.717) is 35.4 Å². The minimum absolute atomic E-state index is 0.0162. The molecule has 1 amide bonds. The van der Waals surface area contributed by atoms with Crippen LogP contribution in [-0.2, 0) is 4.74 Å². The molecule has 3 aromatic rings. The zero-order valence-corrected chi connectivity index (χ0v) is 18.2. The van der Waals surface area contributed by atoms with Crippen LogP contribution in [0.3, 0.4) is 0 Å². The molecule has 9 heteroatoms. The molecule has 7 nitrogen and oxygen atoms in total. The molecule has 1 N–H and O–H groups in total. The topological polar surface area (TPSA) is 86.2 Å². The molecule has 2 aromatic heterocycles. The van der Waals surface area contributed by atoms with E-state index in [0.717, 1.165) is 21.9 Å². The van der Waals surface area contributed by atoms with Gasteiger partial charge in [-0.25, -0.2) is 9.97 Å². The highest BCUT2D eigenvalue weighted by atomic mass is 35.5. The number of ether oxygens (including phenoxy) is 2. The molecule has 1 fully saturated rings. The first-order chi connectivity index (χ1) is 14.5. The van der Waals surface area contributed by atoms with Gasteiger partial charge in [0.2, 0.25) is 0 Å². The molecule has 4 rings (SSSR count). The fraction of sp³-hybridized carbons (Fsp3) is 0.333. The molecular weight excluding hydrogens is 424 g/mol. The van der Waals surface area contributed by atoms with Gasteiger partial charge in [-0.1, -0.05) is 11.6 Å². The second kappa shape index (κ2) is 9.07. The standard InChI is InChI=1S/C21H21ClN4O3S/c1-12-8-25-21(30-12)15-5-14(6-17(7-15)29-16-3-4-28-11-16)20(27)26-13(2)18-9-24-19(22)10-23-18/h5-10,13,16H,3-4,11H2,1-2H3,(H,26,27)/t13-,16+/m1/s1. The van der Waals surface area contributed by atoms with Gasteiger partial charge in [0.15, 0.2) is 0 Å². The van der Waals surface area contributed by atoms with Crippen LogP contribution in [0.4, 0.5) is 0 Å². The molecule has 1 aliphatic rings. The third kappa shape index (κ3) is 4.95. The first kappa shape index (κ1) is 20.7. The number of carbonyl (C=O) groups is 1. The van der Waals surface area contributed by atoms with Crippen LogP contribution >= 0.6 is 22.9 Å². The number of benzene rings is 1. The first-order valence-electron chi connectivity index (χ1n) is 9.58. The van der Waals surface area contributed by atoms with E-state index in [1.54, 1.807) is 23.6 Å². The van der Waals surface area contributed by atoms with E-state index >= 15 is 0 Å². The van der Waals surface area contributed by atoms with E-state index in [-0.39, 0.29) is 18.1 Å². The highest BCUT2D eigenvalue weighted by Gasteiger charge is 2.20. The lowest BCUT2D eigenvalue weighted by Gasteiger charge is -2.16. The number of carbonyl (C=O) groups excluding carboxylic acids is 1. The number of aromatic nitrogens is 3. The van der Waals surface area contributed by atoms with E-state index in [4.69, 9.17) is 21.1 Å². The molecule has 0 unspecified atom stereocenters. The lowest BCUT2D eigenvalue weighted by atomic mass is 10.1. The summed E-state index contributed by atoms with van der Waals surface area (Å²) in [4.78, 5) is 26.8. The summed E-state index contributed by atoms with van der Waals surface area (Å²) in [6, 6.07) is 5.16. The minimum Gasteiger partial charge on any atom is -0.488 e. The number of nitrogens with one attached hydrogen (secondary N) is 1. The van der Waals surface area contributed by atoms with E-state index in [9.17, 15) is 4.79 Å². The van der Waals surface area contributed by atoms with Crippen molar-refractivity contribution >= 4 is 28.8 Å². The summed E-state index contributed by atoms with van der Waals surface area (Å²) in [6.45, 7) is 5.08. The van der Waals surface area contributed by atoms with Crippen molar-refractivity contribution in [3.8, 4) is 16.3 Å². The van der Waals surface area contributed by atoms with E-state index in [1.807, 2.05) is 32.2 Å².